The van der Waals surface area contributed by atoms with Crippen molar-refractivity contribution in [1.82, 2.24) is 0 Å². The zero-order valence-corrected chi connectivity index (χ0v) is 13.3. The maximum atomic E-state index is 12.8. The average molecular weight is 315 g/mol. The van der Waals surface area contributed by atoms with Gasteiger partial charge in [-0.1, -0.05) is 49.2 Å². The first kappa shape index (κ1) is 14.9. The van der Waals surface area contributed by atoms with E-state index >= 15 is 0 Å². The fourth-order valence-electron chi connectivity index (χ4n) is 2.85. The first-order valence-corrected chi connectivity index (χ1v) is 7.98. The lowest BCUT2D eigenvalue weighted by molar-refractivity contribution is -0.119. The predicted octanol–water partition coefficient (Wildman–Crippen LogP) is 4.47. The van der Waals surface area contributed by atoms with Crippen molar-refractivity contribution in [2.24, 2.45) is 0 Å². The van der Waals surface area contributed by atoms with E-state index < -0.39 is 0 Å². The van der Waals surface area contributed by atoms with Gasteiger partial charge in [-0.15, -0.1) is 0 Å². The minimum absolute atomic E-state index is 0.125. The largest absolute Gasteiger partial charge is 0.372 e. The number of para-hydroxylation sites is 2. The molecular weight excluding hydrogens is 296 g/mol. The molecule has 1 heterocycles. The molecule has 4 heteroatoms. The predicted molar refractivity (Wildman–Crippen MR) is 91.4 cm³/mol. The number of nitrogens with one attached hydrogen (secondary N) is 1. The quantitative estimate of drug-likeness (QED) is 0.903. The van der Waals surface area contributed by atoms with E-state index in [9.17, 15) is 4.79 Å². The molecule has 1 atom stereocenters. The van der Waals surface area contributed by atoms with E-state index in [0.29, 0.717) is 11.6 Å². The minimum atomic E-state index is -0.154. The van der Waals surface area contributed by atoms with Gasteiger partial charge in [0, 0.05) is 5.02 Å². The Morgan fingerprint density at radius 1 is 1.18 bits per heavy atom. The topological polar surface area (TPSA) is 32.3 Å². The second-order valence-corrected chi connectivity index (χ2v) is 5.99. The number of rotatable bonds is 4. The summed E-state index contributed by atoms with van der Waals surface area (Å²) in [5, 5.41) is 4.05. The lowest BCUT2D eigenvalue weighted by atomic mass is 10.0. The van der Waals surface area contributed by atoms with Crippen molar-refractivity contribution < 1.29 is 4.79 Å². The summed E-state index contributed by atoms with van der Waals surface area (Å²) in [6, 6.07) is 15.5. The molecule has 0 aromatic heterocycles. The molecule has 0 spiro atoms. The first-order valence-electron chi connectivity index (χ1n) is 7.60. The van der Waals surface area contributed by atoms with Crippen molar-refractivity contribution in [2.45, 2.75) is 32.4 Å². The fraction of sp³-hybridized carbons (Fsp3) is 0.278. The molecule has 1 aliphatic rings. The average Bonchev–Trinajstić information content (AvgIpc) is 2.52. The maximum Gasteiger partial charge on any atom is 0.249 e. The number of carbonyl (C=O) groups excluding carboxylic acids is 1. The van der Waals surface area contributed by atoms with Crippen LogP contribution >= 0.6 is 11.6 Å². The highest BCUT2D eigenvalue weighted by Gasteiger charge is 2.31. The molecule has 0 saturated heterocycles. The van der Waals surface area contributed by atoms with Gasteiger partial charge in [0.15, 0.2) is 0 Å². The molecule has 1 N–H and O–H groups in total. The summed E-state index contributed by atoms with van der Waals surface area (Å²) in [5.74, 6) is 0.125. The molecule has 0 saturated carbocycles. The lowest BCUT2D eigenvalue weighted by Gasteiger charge is -2.35. The number of amides is 1. The number of halogens is 1. The van der Waals surface area contributed by atoms with Crippen LogP contribution in [0.15, 0.2) is 48.5 Å². The number of carbonyl (C=O) groups is 1. The second kappa shape index (κ2) is 6.41. The molecule has 22 heavy (non-hydrogen) atoms. The highest BCUT2D eigenvalue weighted by Crippen LogP contribution is 2.33. The van der Waals surface area contributed by atoms with Crippen molar-refractivity contribution in [3.63, 3.8) is 0 Å². The molecule has 114 valence electrons. The SMILES string of the molecule is CCCC1Nc2ccccc2N(Cc2cccc(Cl)c2)C1=O. The van der Waals surface area contributed by atoms with E-state index in [1.165, 1.54) is 0 Å². The zero-order chi connectivity index (χ0) is 15.5. The third-order valence-corrected chi connectivity index (χ3v) is 4.13. The minimum Gasteiger partial charge on any atom is -0.372 e. The Bertz CT molecular complexity index is 686. The van der Waals surface area contributed by atoms with E-state index in [-0.39, 0.29) is 11.9 Å². The smallest absolute Gasteiger partial charge is 0.249 e. The standard InChI is InChI=1S/C18H19ClN2O/c1-2-6-16-18(22)21(12-13-7-5-8-14(19)11-13)17-10-4-3-9-15(17)20-16/h3-5,7-11,16,20H,2,6,12H2,1H3. The van der Waals surface area contributed by atoms with Gasteiger partial charge in [-0.3, -0.25) is 4.79 Å². The van der Waals surface area contributed by atoms with Crippen LogP contribution in [0.5, 0.6) is 0 Å². The molecule has 2 aromatic rings. The van der Waals surface area contributed by atoms with Crippen LogP contribution in [0.25, 0.3) is 0 Å². The Balaban J connectivity index is 1.94. The molecule has 2 aromatic carbocycles. The van der Waals surface area contributed by atoms with Crippen molar-refractivity contribution in [2.75, 3.05) is 10.2 Å². The van der Waals surface area contributed by atoms with Gasteiger partial charge in [0.2, 0.25) is 5.91 Å². The van der Waals surface area contributed by atoms with E-state index in [2.05, 4.69) is 12.2 Å². The van der Waals surface area contributed by atoms with Crippen LogP contribution in [-0.2, 0) is 11.3 Å². The molecule has 0 radical (unpaired) electrons. The van der Waals surface area contributed by atoms with Gasteiger partial charge >= 0.3 is 0 Å². The number of nitrogens with zero attached hydrogens (tertiary/aromatic N) is 1. The van der Waals surface area contributed by atoms with Gasteiger partial charge in [-0.2, -0.15) is 0 Å². The van der Waals surface area contributed by atoms with Crippen LogP contribution in [0.4, 0.5) is 11.4 Å². The summed E-state index contributed by atoms with van der Waals surface area (Å²) in [6.07, 6.45) is 1.80. The molecule has 1 unspecified atom stereocenters. The molecular formula is C18H19ClN2O. The molecule has 0 aliphatic carbocycles. The van der Waals surface area contributed by atoms with Crippen LogP contribution in [-0.4, -0.2) is 11.9 Å². The van der Waals surface area contributed by atoms with Gasteiger partial charge < -0.3 is 10.2 Å². The summed E-state index contributed by atoms with van der Waals surface area (Å²) in [4.78, 5) is 14.7. The normalized spacial score (nSPS) is 17.1. The summed E-state index contributed by atoms with van der Waals surface area (Å²) < 4.78 is 0. The molecule has 0 fully saturated rings. The van der Waals surface area contributed by atoms with Crippen LogP contribution in [0.2, 0.25) is 5.02 Å². The Kier molecular flexibility index (Phi) is 4.34. The molecule has 3 rings (SSSR count). The van der Waals surface area contributed by atoms with E-state index in [1.807, 2.05) is 53.4 Å². The van der Waals surface area contributed by atoms with E-state index in [0.717, 1.165) is 29.8 Å². The van der Waals surface area contributed by atoms with Crippen molar-refractivity contribution in [3.8, 4) is 0 Å². The van der Waals surface area contributed by atoms with Crippen molar-refractivity contribution in [3.05, 3.63) is 59.1 Å². The van der Waals surface area contributed by atoms with Crippen molar-refractivity contribution in [1.29, 1.82) is 0 Å². The molecule has 3 nitrogen and oxygen atoms in total. The summed E-state index contributed by atoms with van der Waals surface area (Å²) in [6.45, 7) is 2.63. The van der Waals surface area contributed by atoms with Gasteiger partial charge in [0.05, 0.1) is 17.9 Å². The van der Waals surface area contributed by atoms with Gasteiger partial charge in [-0.25, -0.2) is 0 Å². The number of hydrogen-bond donors (Lipinski definition) is 1. The molecule has 1 amide bonds. The van der Waals surface area contributed by atoms with Gasteiger partial charge in [-0.05, 0) is 36.2 Å². The lowest BCUT2D eigenvalue weighted by Crippen LogP contribution is -2.46. The number of hydrogen-bond acceptors (Lipinski definition) is 2. The van der Waals surface area contributed by atoms with Crippen molar-refractivity contribution >= 4 is 28.9 Å². The van der Waals surface area contributed by atoms with Crippen LogP contribution < -0.4 is 10.2 Å². The monoisotopic (exact) mass is 314 g/mol. The van der Waals surface area contributed by atoms with Gasteiger partial charge in [0.1, 0.15) is 6.04 Å². The highest BCUT2D eigenvalue weighted by molar-refractivity contribution is 6.30. The van der Waals surface area contributed by atoms with Crippen LogP contribution in [0.1, 0.15) is 25.3 Å². The number of fused-ring (bicyclic) bond motifs is 1. The molecule has 0 bridgehead atoms. The molecule has 1 aliphatic heterocycles. The van der Waals surface area contributed by atoms with E-state index in [4.69, 9.17) is 11.6 Å². The Morgan fingerprint density at radius 2 is 2.00 bits per heavy atom. The maximum absolute atomic E-state index is 12.8. The summed E-state index contributed by atoms with van der Waals surface area (Å²) in [5.41, 5.74) is 2.98. The zero-order valence-electron chi connectivity index (χ0n) is 12.6. The van der Waals surface area contributed by atoms with Gasteiger partial charge in [0.25, 0.3) is 0 Å². The Morgan fingerprint density at radius 3 is 2.77 bits per heavy atom. The third kappa shape index (κ3) is 2.95. The number of benzene rings is 2. The second-order valence-electron chi connectivity index (χ2n) is 5.56. The summed E-state index contributed by atoms with van der Waals surface area (Å²) >= 11 is 6.06. The summed E-state index contributed by atoms with van der Waals surface area (Å²) in [7, 11) is 0. The Labute approximate surface area is 135 Å². The van der Waals surface area contributed by atoms with Crippen LogP contribution in [0, 0.1) is 0 Å². The number of anilines is 2. The Hall–Kier alpha value is -2.00. The third-order valence-electron chi connectivity index (χ3n) is 3.90. The van der Waals surface area contributed by atoms with Crippen LogP contribution in [0.3, 0.4) is 0 Å². The first-order chi connectivity index (χ1) is 10.7. The van der Waals surface area contributed by atoms with E-state index in [1.54, 1.807) is 0 Å². The fourth-order valence-corrected chi connectivity index (χ4v) is 3.07. The highest BCUT2D eigenvalue weighted by atomic mass is 35.5.